The van der Waals surface area contributed by atoms with E-state index in [4.69, 9.17) is 16.3 Å². The summed E-state index contributed by atoms with van der Waals surface area (Å²) in [5.41, 5.74) is 3.17. The van der Waals surface area contributed by atoms with Crippen LogP contribution in [0.1, 0.15) is 60.5 Å². The second-order valence-electron chi connectivity index (χ2n) is 9.52. The summed E-state index contributed by atoms with van der Waals surface area (Å²) in [6, 6.07) is 14.5. The first-order chi connectivity index (χ1) is 17.9. The molecule has 2 aromatic rings. The summed E-state index contributed by atoms with van der Waals surface area (Å²) >= 11 is 6.20. The molecule has 8 heteroatoms. The Morgan fingerprint density at radius 3 is 2.59 bits per heavy atom. The Bertz CT molecular complexity index is 1190. The van der Waals surface area contributed by atoms with Crippen molar-refractivity contribution in [3.63, 3.8) is 0 Å². The van der Waals surface area contributed by atoms with Crippen molar-refractivity contribution in [2.24, 2.45) is 0 Å². The second kappa shape index (κ2) is 12.4. The van der Waals surface area contributed by atoms with Crippen LogP contribution in [0.15, 0.2) is 59.8 Å². The number of likely N-dealkylation sites (tertiary alicyclic amines) is 1. The molecule has 0 aliphatic carbocycles. The number of carbonyl (C=O) groups is 3. The van der Waals surface area contributed by atoms with E-state index < -0.39 is 11.9 Å². The quantitative estimate of drug-likeness (QED) is 0.489. The molecule has 4 rings (SSSR count). The molecule has 1 saturated heterocycles. The Hall–Kier alpha value is -3.16. The fourth-order valence-electron chi connectivity index (χ4n) is 5.11. The molecule has 7 nitrogen and oxygen atoms in total. The van der Waals surface area contributed by atoms with Crippen molar-refractivity contribution in [3.8, 4) is 0 Å². The summed E-state index contributed by atoms with van der Waals surface area (Å²) in [6.45, 7) is 7.66. The van der Waals surface area contributed by atoms with Crippen LogP contribution in [0, 0.1) is 0 Å². The van der Waals surface area contributed by atoms with E-state index in [-0.39, 0.29) is 31.4 Å². The maximum atomic E-state index is 13.3. The normalized spacial score (nSPS) is 18.3. The highest BCUT2D eigenvalue weighted by Gasteiger charge is 2.37. The topological polar surface area (TPSA) is 79.0 Å². The van der Waals surface area contributed by atoms with Gasteiger partial charge in [-0.25, -0.2) is 4.79 Å². The van der Waals surface area contributed by atoms with E-state index in [1.54, 1.807) is 43.0 Å². The minimum absolute atomic E-state index is 0.101. The number of nitrogens with one attached hydrogen (secondary N) is 1. The predicted molar refractivity (Wildman–Crippen MR) is 143 cm³/mol. The fraction of sp³-hybridized carbons (Fsp3) is 0.414. The van der Waals surface area contributed by atoms with Crippen LogP contribution in [0.25, 0.3) is 0 Å². The minimum Gasteiger partial charge on any atom is -0.463 e. The molecule has 1 N–H and O–H groups in total. The summed E-state index contributed by atoms with van der Waals surface area (Å²) < 4.78 is 5.37. The molecule has 0 bridgehead atoms. The molecule has 0 aromatic heterocycles. The van der Waals surface area contributed by atoms with Crippen LogP contribution in [0.3, 0.4) is 0 Å². The lowest BCUT2D eigenvalue weighted by atomic mass is 9.83. The highest BCUT2D eigenvalue weighted by atomic mass is 35.5. The largest absolute Gasteiger partial charge is 0.463 e. The van der Waals surface area contributed by atoms with E-state index in [1.165, 1.54) is 12.8 Å². The van der Waals surface area contributed by atoms with Gasteiger partial charge in [-0.05, 0) is 75.2 Å². The average Bonchev–Trinajstić information content (AvgIpc) is 3.40. The molecule has 2 heterocycles. The Morgan fingerprint density at radius 2 is 1.86 bits per heavy atom. The number of allylic oxidation sites excluding steroid dienone is 1. The summed E-state index contributed by atoms with van der Waals surface area (Å²) in [5.74, 6) is -1.11. The van der Waals surface area contributed by atoms with Gasteiger partial charge < -0.3 is 19.9 Å². The number of halogens is 1. The minimum atomic E-state index is -0.436. The second-order valence-corrected chi connectivity index (χ2v) is 9.95. The van der Waals surface area contributed by atoms with Crippen LogP contribution < -0.4 is 5.32 Å². The number of benzene rings is 2. The van der Waals surface area contributed by atoms with Crippen molar-refractivity contribution in [1.29, 1.82) is 0 Å². The lowest BCUT2D eigenvalue weighted by Crippen LogP contribution is -2.38. The van der Waals surface area contributed by atoms with Gasteiger partial charge in [0, 0.05) is 41.7 Å². The highest BCUT2D eigenvalue weighted by molar-refractivity contribution is 6.30. The smallest absolute Gasteiger partial charge is 0.336 e. The van der Waals surface area contributed by atoms with E-state index in [2.05, 4.69) is 10.2 Å². The van der Waals surface area contributed by atoms with Gasteiger partial charge in [-0.15, -0.1) is 0 Å². The first-order valence-electron chi connectivity index (χ1n) is 12.9. The van der Waals surface area contributed by atoms with Gasteiger partial charge in [-0.2, -0.15) is 0 Å². The number of amides is 2. The zero-order valence-electron chi connectivity index (χ0n) is 21.5. The number of hydrogen-bond donors (Lipinski definition) is 1. The van der Waals surface area contributed by atoms with Gasteiger partial charge in [0.05, 0.1) is 18.7 Å². The van der Waals surface area contributed by atoms with Gasteiger partial charge in [-0.3, -0.25) is 9.59 Å². The van der Waals surface area contributed by atoms with Gasteiger partial charge in [0.1, 0.15) is 0 Å². The van der Waals surface area contributed by atoms with E-state index in [1.807, 2.05) is 24.3 Å². The molecule has 2 aliphatic heterocycles. The summed E-state index contributed by atoms with van der Waals surface area (Å²) in [6.07, 6.45) is 2.57. The number of esters is 1. The number of rotatable bonds is 9. The maximum absolute atomic E-state index is 13.3. The molecule has 0 spiro atoms. The molecule has 37 heavy (non-hydrogen) atoms. The Labute approximate surface area is 223 Å². The average molecular weight is 524 g/mol. The third kappa shape index (κ3) is 6.59. The third-order valence-corrected chi connectivity index (χ3v) is 7.25. The van der Waals surface area contributed by atoms with Crippen LogP contribution in [-0.4, -0.2) is 60.4 Å². The Morgan fingerprint density at radius 1 is 1.11 bits per heavy atom. The Kier molecular flexibility index (Phi) is 9.00. The Balaban J connectivity index is 1.53. The number of carbonyl (C=O) groups excluding carboxylic acids is 3. The molecular formula is C29H34ClN3O4. The van der Waals surface area contributed by atoms with Crippen molar-refractivity contribution in [1.82, 2.24) is 15.1 Å². The first kappa shape index (κ1) is 26.9. The highest BCUT2D eigenvalue weighted by Crippen LogP contribution is 2.38. The molecule has 1 atom stereocenters. The summed E-state index contributed by atoms with van der Waals surface area (Å²) in [4.78, 5) is 43.0. The molecule has 2 aromatic carbocycles. The number of ether oxygens (including phenoxy) is 1. The lowest BCUT2D eigenvalue weighted by Gasteiger charge is -2.34. The van der Waals surface area contributed by atoms with Gasteiger partial charge in [0.2, 0.25) is 5.91 Å². The fourth-order valence-corrected chi connectivity index (χ4v) is 5.31. The van der Waals surface area contributed by atoms with Gasteiger partial charge in [-0.1, -0.05) is 35.9 Å². The summed E-state index contributed by atoms with van der Waals surface area (Å²) in [5, 5.41) is 3.54. The molecule has 196 valence electrons. The molecule has 0 saturated carbocycles. The monoisotopic (exact) mass is 523 g/mol. The van der Waals surface area contributed by atoms with Crippen LogP contribution in [-0.2, 0) is 20.9 Å². The van der Waals surface area contributed by atoms with Crippen molar-refractivity contribution in [3.05, 3.63) is 81.5 Å². The predicted octanol–water partition coefficient (Wildman–Crippen LogP) is 4.52. The van der Waals surface area contributed by atoms with E-state index in [0.717, 1.165) is 30.8 Å². The van der Waals surface area contributed by atoms with E-state index in [9.17, 15) is 14.4 Å². The van der Waals surface area contributed by atoms with Gasteiger partial charge >= 0.3 is 5.97 Å². The standard InChI is InChI=1S/C29H34ClN3O4/c1-3-37-29(36)27-20(2)33(26(34)18-25(27)22-9-7-11-24(30)17-22)19-21-8-6-10-23(16-21)28(35)31-12-15-32-13-4-5-14-32/h6-11,16-17,25H,3-5,12-15,18-19H2,1-2H3,(H,31,35). The number of hydrogen-bond acceptors (Lipinski definition) is 5. The van der Waals surface area contributed by atoms with Crippen LogP contribution in [0.4, 0.5) is 0 Å². The SMILES string of the molecule is CCOC(=O)C1=C(C)N(Cc2cccc(C(=O)NCCN3CCCC3)c2)C(=O)CC1c1cccc(Cl)c1. The number of nitrogens with zero attached hydrogens (tertiary/aromatic N) is 2. The molecule has 1 unspecified atom stereocenters. The summed E-state index contributed by atoms with van der Waals surface area (Å²) in [7, 11) is 0. The van der Waals surface area contributed by atoms with Crippen molar-refractivity contribution in [2.75, 3.05) is 32.8 Å². The van der Waals surface area contributed by atoms with E-state index >= 15 is 0 Å². The van der Waals surface area contributed by atoms with Crippen LogP contribution in [0.5, 0.6) is 0 Å². The zero-order chi connectivity index (χ0) is 26.4. The van der Waals surface area contributed by atoms with Gasteiger partial charge in [0.25, 0.3) is 5.91 Å². The molecule has 2 amide bonds. The van der Waals surface area contributed by atoms with Crippen molar-refractivity contribution < 1.29 is 19.1 Å². The molecule has 1 fully saturated rings. The molecule has 2 aliphatic rings. The third-order valence-electron chi connectivity index (χ3n) is 7.01. The van der Waals surface area contributed by atoms with Crippen molar-refractivity contribution >= 4 is 29.4 Å². The van der Waals surface area contributed by atoms with E-state index in [0.29, 0.717) is 28.4 Å². The van der Waals surface area contributed by atoms with Crippen molar-refractivity contribution in [2.45, 2.75) is 45.6 Å². The first-order valence-corrected chi connectivity index (χ1v) is 13.3. The zero-order valence-corrected chi connectivity index (χ0v) is 22.2. The lowest BCUT2D eigenvalue weighted by molar-refractivity contribution is -0.140. The molecule has 0 radical (unpaired) electrons. The van der Waals surface area contributed by atoms with Gasteiger partial charge in [0.15, 0.2) is 0 Å². The maximum Gasteiger partial charge on any atom is 0.336 e. The van der Waals surface area contributed by atoms with Crippen LogP contribution in [0.2, 0.25) is 5.02 Å². The molecular weight excluding hydrogens is 490 g/mol. The van der Waals surface area contributed by atoms with Crippen LogP contribution >= 0.6 is 11.6 Å².